The van der Waals surface area contributed by atoms with Gasteiger partial charge in [0.15, 0.2) is 0 Å². The third kappa shape index (κ3) is 4.92. The van der Waals surface area contributed by atoms with Gasteiger partial charge < -0.3 is 9.32 Å². The number of hydrogen-bond acceptors (Lipinski definition) is 4. The zero-order chi connectivity index (χ0) is 16.8. The molecule has 1 atom stereocenters. The molecule has 1 saturated heterocycles. The molecule has 1 fully saturated rings. The summed E-state index contributed by atoms with van der Waals surface area (Å²) in [5, 5.41) is 0. The van der Waals surface area contributed by atoms with Crippen LogP contribution in [0.2, 0.25) is 0 Å². The Morgan fingerprint density at radius 2 is 1.96 bits per heavy atom. The van der Waals surface area contributed by atoms with Gasteiger partial charge in [-0.3, -0.25) is 9.88 Å². The molecule has 0 spiro atoms. The monoisotopic (exact) mass is 327 g/mol. The topological polar surface area (TPSA) is 32.5 Å². The predicted molar refractivity (Wildman–Crippen MR) is 97.0 cm³/mol. The predicted octanol–water partition coefficient (Wildman–Crippen LogP) is 3.68. The van der Waals surface area contributed by atoms with Crippen LogP contribution in [0, 0.1) is 6.92 Å². The van der Waals surface area contributed by atoms with E-state index in [4.69, 9.17) is 4.42 Å². The minimum absolute atomic E-state index is 0.494. The zero-order valence-corrected chi connectivity index (χ0v) is 14.9. The highest BCUT2D eigenvalue weighted by Crippen LogP contribution is 2.22. The Labute approximate surface area is 145 Å². The van der Waals surface area contributed by atoms with Crippen LogP contribution in [-0.4, -0.2) is 47.5 Å². The van der Waals surface area contributed by atoms with Gasteiger partial charge in [-0.25, -0.2) is 0 Å². The van der Waals surface area contributed by atoms with Gasteiger partial charge in [0.2, 0.25) is 0 Å². The number of hydrogen-bond donors (Lipinski definition) is 0. The average molecular weight is 327 g/mol. The van der Waals surface area contributed by atoms with Gasteiger partial charge in [0.1, 0.15) is 11.5 Å². The standard InChI is InChI=1S/C20H29N3O/c1-17(20-7-6-18(2)24-20)8-12-22-10-4-11-23(14-13-22)16-19-5-3-9-21-15-19/h3,5-7,9,15,17H,4,8,10-14,16H2,1-2H3/t17-/m1/s1. The van der Waals surface area contributed by atoms with Crippen molar-refractivity contribution in [3.63, 3.8) is 0 Å². The van der Waals surface area contributed by atoms with Gasteiger partial charge in [-0.05, 0) is 63.2 Å². The highest BCUT2D eigenvalue weighted by molar-refractivity contribution is 5.09. The van der Waals surface area contributed by atoms with Crippen molar-refractivity contribution >= 4 is 0 Å². The quantitative estimate of drug-likeness (QED) is 0.810. The summed E-state index contributed by atoms with van der Waals surface area (Å²) in [5.41, 5.74) is 1.31. The van der Waals surface area contributed by atoms with Crippen LogP contribution in [0.25, 0.3) is 0 Å². The molecule has 2 aromatic rings. The van der Waals surface area contributed by atoms with Crippen LogP contribution in [0.1, 0.15) is 42.8 Å². The molecular weight excluding hydrogens is 298 g/mol. The molecule has 2 aromatic heterocycles. The lowest BCUT2D eigenvalue weighted by Crippen LogP contribution is -2.31. The maximum absolute atomic E-state index is 5.76. The van der Waals surface area contributed by atoms with Crippen molar-refractivity contribution in [1.82, 2.24) is 14.8 Å². The van der Waals surface area contributed by atoms with Gasteiger partial charge in [-0.2, -0.15) is 0 Å². The lowest BCUT2D eigenvalue weighted by atomic mass is 10.0. The molecule has 0 aliphatic carbocycles. The molecule has 1 aliphatic heterocycles. The molecule has 0 bridgehead atoms. The van der Waals surface area contributed by atoms with E-state index in [0.29, 0.717) is 5.92 Å². The summed E-state index contributed by atoms with van der Waals surface area (Å²) in [6, 6.07) is 8.38. The van der Waals surface area contributed by atoms with Crippen LogP contribution in [0.3, 0.4) is 0 Å². The van der Waals surface area contributed by atoms with Gasteiger partial charge in [0, 0.05) is 37.9 Å². The third-order valence-electron chi connectivity index (χ3n) is 4.94. The minimum atomic E-state index is 0.494. The molecular formula is C20H29N3O. The first-order chi connectivity index (χ1) is 11.7. The smallest absolute Gasteiger partial charge is 0.107 e. The summed E-state index contributed by atoms with van der Waals surface area (Å²) in [5.74, 6) is 2.63. The Kier molecular flexibility index (Phi) is 6.05. The van der Waals surface area contributed by atoms with E-state index in [1.807, 2.05) is 25.4 Å². The Hall–Kier alpha value is -1.65. The van der Waals surface area contributed by atoms with E-state index in [0.717, 1.165) is 44.1 Å². The van der Waals surface area contributed by atoms with Crippen molar-refractivity contribution < 1.29 is 4.42 Å². The second-order valence-corrected chi connectivity index (χ2v) is 6.97. The first kappa shape index (κ1) is 17.2. The Morgan fingerprint density at radius 3 is 2.71 bits per heavy atom. The van der Waals surface area contributed by atoms with E-state index in [1.54, 1.807) is 0 Å². The Morgan fingerprint density at radius 1 is 1.12 bits per heavy atom. The van der Waals surface area contributed by atoms with E-state index in [9.17, 15) is 0 Å². The molecule has 130 valence electrons. The summed E-state index contributed by atoms with van der Waals surface area (Å²) in [6.07, 6.45) is 6.23. The number of aryl methyl sites for hydroxylation is 1. The van der Waals surface area contributed by atoms with E-state index in [-0.39, 0.29) is 0 Å². The summed E-state index contributed by atoms with van der Waals surface area (Å²) < 4.78 is 5.76. The fraction of sp³-hybridized carbons (Fsp3) is 0.550. The number of rotatable bonds is 6. The van der Waals surface area contributed by atoms with E-state index in [1.165, 1.54) is 25.1 Å². The Bertz CT molecular complexity index is 610. The summed E-state index contributed by atoms with van der Waals surface area (Å²) in [4.78, 5) is 9.38. The van der Waals surface area contributed by atoms with Crippen LogP contribution in [0.5, 0.6) is 0 Å². The normalized spacial score (nSPS) is 18.4. The van der Waals surface area contributed by atoms with Gasteiger partial charge in [0.05, 0.1) is 0 Å². The molecule has 0 amide bonds. The lowest BCUT2D eigenvalue weighted by molar-refractivity contribution is 0.245. The maximum atomic E-state index is 5.76. The van der Waals surface area contributed by atoms with Crippen LogP contribution in [-0.2, 0) is 6.54 Å². The molecule has 0 saturated carbocycles. The molecule has 0 aromatic carbocycles. The van der Waals surface area contributed by atoms with Crippen LogP contribution < -0.4 is 0 Å². The van der Waals surface area contributed by atoms with Gasteiger partial charge >= 0.3 is 0 Å². The fourth-order valence-electron chi connectivity index (χ4n) is 3.39. The van der Waals surface area contributed by atoms with E-state index < -0.39 is 0 Å². The van der Waals surface area contributed by atoms with Crippen LogP contribution in [0.4, 0.5) is 0 Å². The number of furan rings is 1. The van der Waals surface area contributed by atoms with Crippen molar-refractivity contribution in [3.05, 3.63) is 53.7 Å². The van der Waals surface area contributed by atoms with E-state index >= 15 is 0 Å². The molecule has 4 nitrogen and oxygen atoms in total. The zero-order valence-electron chi connectivity index (χ0n) is 14.9. The summed E-state index contributed by atoms with van der Waals surface area (Å²) in [7, 11) is 0. The lowest BCUT2D eigenvalue weighted by Gasteiger charge is -2.22. The van der Waals surface area contributed by atoms with Crippen molar-refractivity contribution in [2.24, 2.45) is 0 Å². The fourth-order valence-corrected chi connectivity index (χ4v) is 3.39. The largest absolute Gasteiger partial charge is 0.466 e. The van der Waals surface area contributed by atoms with Crippen molar-refractivity contribution in [3.8, 4) is 0 Å². The molecule has 1 aliphatic rings. The van der Waals surface area contributed by atoms with Crippen LogP contribution >= 0.6 is 0 Å². The second-order valence-electron chi connectivity index (χ2n) is 6.97. The minimum Gasteiger partial charge on any atom is -0.466 e. The maximum Gasteiger partial charge on any atom is 0.107 e. The molecule has 0 unspecified atom stereocenters. The van der Waals surface area contributed by atoms with Crippen molar-refractivity contribution in [1.29, 1.82) is 0 Å². The molecule has 24 heavy (non-hydrogen) atoms. The highest BCUT2D eigenvalue weighted by Gasteiger charge is 2.17. The SMILES string of the molecule is Cc1ccc([C@H](C)CCN2CCCN(Cc3cccnc3)CC2)o1. The first-order valence-corrected chi connectivity index (χ1v) is 9.10. The number of aromatic nitrogens is 1. The molecule has 4 heteroatoms. The molecule has 3 heterocycles. The average Bonchev–Trinajstić information content (AvgIpc) is 2.91. The molecule has 0 radical (unpaired) electrons. The summed E-state index contributed by atoms with van der Waals surface area (Å²) >= 11 is 0. The van der Waals surface area contributed by atoms with Crippen LogP contribution in [0.15, 0.2) is 41.1 Å². The number of pyridine rings is 1. The molecule has 0 N–H and O–H groups in total. The van der Waals surface area contributed by atoms with Crippen molar-refractivity contribution in [2.75, 3.05) is 32.7 Å². The third-order valence-corrected chi connectivity index (χ3v) is 4.94. The number of nitrogens with zero attached hydrogens (tertiary/aromatic N) is 3. The van der Waals surface area contributed by atoms with Gasteiger partial charge in [0.25, 0.3) is 0 Å². The Balaban J connectivity index is 1.43. The molecule has 3 rings (SSSR count). The highest BCUT2D eigenvalue weighted by atomic mass is 16.3. The van der Waals surface area contributed by atoms with Crippen molar-refractivity contribution in [2.45, 2.75) is 39.2 Å². The first-order valence-electron chi connectivity index (χ1n) is 9.10. The summed E-state index contributed by atoms with van der Waals surface area (Å²) in [6.45, 7) is 11.1. The van der Waals surface area contributed by atoms with Gasteiger partial charge in [-0.15, -0.1) is 0 Å². The van der Waals surface area contributed by atoms with E-state index in [2.05, 4.69) is 39.9 Å². The second kappa shape index (κ2) is 8.45. The van der Waals surface area contributed by atoms with Gasteiger partial charge in [-0.1, -0.05) is 13.0 Å².